The second-order valence-corrected chi connectivity index (χ2v) is 7.47. The summed E-state index contributed by atoms with van der Waals surface area (Å²) in [6, 6.07) is 1.16. The van der Waals surface area contributed by atoms with Crippen molar-refractivity contribution < 1.29 is 5.11 Å². The van der Waals surface area contributed by atoms with Gasteiger partial charge in [0.25, 0.3) is 0 Å². The van der Waals surface area contributed by atoms with Gasteiger partial charge in [-0.25, -0.2) is 0 Å². The van der Waals surface area contributed by atoms with Crippen molar-refractivity contribution in [3.05, 3.63) is 0 Å². The summed E-state index contributed by atoms with van der Waals surface area (Å²) in [4.78, 5) is 0. The Morgan fingerprint density at radius 3 is 1.95 bits per heavy atom. The maximum atomic E-state index is 8.95. The van der Waals surface area contributed by atoms with Crippen LogP contribution in [-0.2, 0) is 0 Å². The van der Waals surface area contributed by atoms with E-state index in [1.807, 2.05) is 0 Å². The Morgan fingerprint density at radius 1 is 0.850 bits per heavy atom. The summed E-state index contributed by atoms with van der Waals surface area (Å²) < 4.78 is 0. The van der Waals surface area contributed by atoms with Crippen LogP contribution in [0.5, 0.6) is 0 Å². The molecule has 0 aromatic rings. The number of aliphatic hydroxyl groups is 1. The van der Waals surface area contributed by atoms with Crippen molar-refractivity contribution in [2.45, 2.75) is 50.6 Å². The van der Waals surface area contributed by atoms with Gasteiger partial charge in [-0.05, 0) is 62.4 Å². The topological polar surface area (TPSA) is 44.3 Å². The average molecular weight is 298 g/mol. The van der Waals surface area contributed by atoms with E-state index < -0.39 is 0 Å². The Hall–Kier alpha value is 0.230. The molecule has 0 radical (unpaired) electrons. The van der Waals surface area contributed by atoms with Crippen molar-refractivity contribution in [3.8, 4) is 0 Å². The number of hydrogen-bond acceptors (Lipinski definition) is 4. The fourth-order valence-corrected chi connectivity index (χ4v) is 5.41. The van der Waals surface area contributed by atoms with Crippen LogP contribution in [0.3, 0.4) is 0 Å². The Kier molecular flexibility index (Phi) is 5.29. The molecule has 4 aliphatic rings. The highest BCUT2D eigenvalue weighted by Crippen LogP contribution is 2.38. The lowest BCUT2D eigenvalue weighted by Crippen LogP contribution is -2.30. The maximum absolute atomic E-state index is 8.95. The minimum atomic E-state index is 0.334. The van der Waals surface area contributed by atoms with Crippen LogP contribution in [0.25, 0.3) is 0 Å². The molecule has 6 unspecified atom stereocenters. The molecule has 3 N–H and O–H groups in total. The van der Waals surface area contributed by atoms with Crippen LogP contribution in [-0.4, -0.2) is 42.6 Å². The first-order valence-electron chi connectivity index (χ1n) is 8.52. The van der Waals surface area contributed by atoms with Gasteiger partial charge in [0.15, 0.2) is 0 Å². The van der Waals surface area contributed by atoms with E-state index in [1.165, 1.54) is 45.1 Å². The number of nitrogens with one attached hydrogen (secondary N) is 2. The lowest BCUT2D eigenvalue weighted by molar-refractivity contribution is 0.222. The van der Waals surface area contributed by atoms with Gasteiger partial charge in [-0.15, -0.1) is 0 Å². The molecule has 2 saturated carbocycles. The molecule has 3 nitrogen and oxygen atoms in total. The normalized spacial score (nSPS) is 45.9. The van der Waals surface area contributed by atoms with Gasteiger partial charge in [-0.1, -0.05) is 12.8 Å². The Morgan fingerprint density at radius 2 is 1.40 bits per heavy atom. The standard InChI is InChI=1S/C8H15NO.C8H15NS/c2*10-5-8-7-3-1-2-6(7)4-9-8/h2*6-10H,1-5H2. The molecule has 4 fully saturated rings. The highest BCUT2D eigenvalue weighted by atomic mass is 32.1. The smallest absolute Gasteiger partial charge is 0.0587 e. The van der Waals surface area contributed by atoms with Gasteiger partial charge in [-0.3, -0.25) is 0 Å². The molecule has 2 aliphatic heterocycles. The van der Waals surface area contributed by atoms with Crippen molar-refractivity contribution in [1.82, 2.24) is 10.6 Å². The van der Waals surface area contributed by atoms with E-state index in [0.29, 0.717) is 12.6 Å². The zero-order chi connectivity index (χ0) is 13.9. The summed E-state index contributed by atoms with van der Waals surface area (Å²) >= 11 is 4.33. The quantitative estimate of drug-likeness (QED) is 0.587. The summed E-state index contributed by atoms with van der Waals surface area (Å²) in [6.45, 7) is 2.74. The van der Waals surface area contributed by atoms with Gasteiger partial charge in [0.2, 0.25) is 0 Å². The van der Waals surface area contributed by atoms with Gasteiger partial charge in [-0.2, -0.15) is 12.6 Å². The molecule has 2 aliphatic carbocycles. The van der Waals surface area contributed by atoms with Crippen LogP contribution in [0, 0.1) is 23.7 Å². The molecule has 20 heavy (non-hydrogen) atoms. The molecule has 0 bridgehead atoms. The Balaban J connectivity index is 0.000000121. The van der Waals surface area contributed by atoms with Crippen LogP contribution in [0.2, 0.25) is 0 Å². The van der Waals surface area contributed by atoms with E-state index in [0.717, 1.165) is 42.0 Å². The van der Waals surface area contributed by atoms with Crippen LogP contribution in [0.4, 0.5) is 0 Å². The van der Waals surface area contributed by atoms with E-state index >= 15 is 0 Å². The summed E-state index contributed by atoms with van der Waals surface area (Å²) in [7, 11) is 0. The van der Waals surface area contributed by atoms with Crippen LogP contribution < -0.4 is 10.6 Å². The number of thiol groups is 1. The molecular weight excluding hydrogens is 268 g/mol. The van der Waals surface area contributed by atoms with E-state index in [2.05, 4.69) is 23.3 Å². The van der Waals surface area contributed by atoms with E-state index in [-0.39, 0.29) is 0 Å². The van der Waals surface area contributed by atoms with Gasteiger partial charge in [0.05, 0.1) is 6.61 Å². The summed E-state index contributed by atoms with van der Waals surface area (Å²) in [5.74, 6) is 4.68. The molecule has 0 amide bonds. The molecule has 0 aromatic carbocycles. The highest BCUT2D eigenvalue weighted by molar-refractivity contribution is 7.80. The minimum absolute atomic E-state index is 0.334. The second-order valence-electron chi connectivity index (χ2n) is 7.10. The number of aliphatic hydroxyl groups excluding tert-OH is 1. The van der Waals surface area contributed by atoms with Crippen molar-refractivity contribution >= 4 is 12.6 Å². The third kappa shape index (κ3) is 3.03. The van der Waals surface area contributed by atoms with Gasteiger partial charge in [0.1, 0.15) is 0 Å². The van der Waals surface area contributed by atoms with Crippen molar-refractivity contribution in [2.24, 2.45) is 23.7 Å². The third-order valence-electron chi connectivity index (χ3n) is 6.15. The van der Waals surface area contributed by atoms with Gasteiger partial charge >= 0.3 is 0 Å². The lowest BCUT2D eigenvalue weighted by Gasteiger charge is -2.14. The van der Waals surface area contributed by atoms with Crippen LogP contribution in [0.15, 0.2) is 0 Å². The monoisotopic (exact) mass is 298 g/mol. The first kappa shape index (κ1) is 15.1. The molecule has 0 aromatic heterocycles. The average Bonchev–Trinajstić information content (AvgIpc) is 3.19. The fraction of sp³-hybridized carbons (Fsp3) is 1.00. The summed E-state index contributed by atoms with van der Waals surface area (Å²) in [5, 5.41) is 15.8. The third-order valence-corrected chi connectivity index (χ3v) is 6.54. The van der Waals surface area contributed by atoms with Gasteiger partial charge in [0, 0.05) is 17.8 Å². The van der Waals surface area contributed by atoms with Crippen LogP contribution in [0.1, 0.15) is 38.5 Å². The Labute approximate surface area is 128 Å². The fourth-order valence-electron chi connectivity index (χ4n) is 5.01. The molecule has 116 valence electrons. The van der Waals surface area contributed by atoms with E-state index in [1.54, 1.807) is 0 Å². The van der Waals surface area contributed by atoms with Crippen LogP contribution >= 0.6 is 12.6 Å². The summed E-state index contributed by atoms with van der Waals surface area (Å²) in [5.41, 5.74) is 0. The number of hydrogen-bond donors (Lipinski definition) is 4. The number of fused-ring (bicyclic) bond motifs is 2. The minimum Gasteiger partial charge on any atom is -0.395 e. The highest BCUT2D eigenvalue weighted by Gasteiger charge is 2.38. The molecule has 4 heteroatoms. The molecular formula is C16H30N2OS. The first-order chi connectivity index (χ1) is 9.83. The van der Waals surface area contributed by atoms with Crippen molar-refractivity contribution in [3.63, 3.8) is 0 Å². The predicted octanol–water partition coefficient (Wildman–Crippen LogP) is 1.67. The van der Waals surface area contributed by atoms with E-state index in [4.69, 9.17) is 5.11 Å². The van der Waals surface area contributed by atoms with Crippen molar-refractivity contribution in [2.75, 3.05) is 25.4 Å². The molecule has 0 spiro atoms. The molecule has 2 saturated heterocycles. The Bertz CT molecular complexity index is 285. The number of rotatable bonds is 2. The molecule has 4 rings (SSSR count). The largest absolute Gasteiger partial charge is 0.395 e. The molecule has 2 heterocycles. The van der Waals surface area contributed by atoms with Gasteiger partial charge < -0.3 is 15.7 Å². The SMILES string of the molecule is OCC1NCC2CCCC21.SCC1NCC2CCCC21. The predicted molar refractivity (Wildman–Crippen MR) is 86.2 cm³/mol. The zero-order valence-corrected chi connectivity index (χ0v) is 13.3. The zero-order valence-electron chi connectivity index (χ0n) is 12.4. The summed E-state index contributed by atoms with van der Waals surface area (Å²) in [6.07, 6.45) is 8.47. The molecule has 6 atom stereocenters. The lowest BCUT2D eigenvalue weighted by atomic mass is 9.95. The first-order valence-corrected chi connectivity index (χ1v) is 9.15. The van der Waals surface area contributed by atoms with E-state index in [9.17, 15) is 0 Å². The van der Waals surface area contributed by atoms with Crippen molar-refractivity contribution in [1.29, 1.82) is 0 Å². The maximum Gasteiger partial charge on any atom is 0.0587 e. The second kappa shape index (κ2) is 6.99.